The van der Waals surface area contributed by atoms with Crippen molar-refractivity contribution < 1.29 is 19.5 Å². The number of ketones is 1. The number of carbonyl (C=O) groups excluding carboxylic acids is 2. The molecule has 5 nitrogen and oxygen atoms in total. The molecule has 1 atom stereocenters. The quantitative estimate of drug-likeness (QED) is 0.673. The molecule has 0 saturated carbocycles. The second-order valence-corrected chi connectivity index (χ2v) is 3.72. The molecular weight excluding hydrogens is 186 g/mol. The van der Waals surface area contributed by atoms with Gasteiger partial charge in [-0.05, 0) is 0 Å². The molecule has 5 heteroatoms. The Hall–Kier alpha value is -1.39. The van der Waals surface area contributed by atoms with Crippen LogP contribution in [0.15, 0.2) is 0 Å². The predicted octanol–water partition coefficient (Wildman–Crippen LogP) is -0.103. The van der Waals surface area contributed by atoms with Crippen LogP contribution in [-0.2, 0) is 14.4 Å². The fourth-order valence-corrected chi connectivity index (χ4v) is 1.47. The van der Waals surface area contributed by atoms with Gasteiger partial charge in [-0.15, -0.1) is 0 Å². The van der Waals surface area contributed by atoms with Gasteiger partial charge in [0.05, 0.1) is 6.54 Å². The van der Waals surface area contributed by atoms with Crippen molar-refractivity contribution in [2.24, 2.45) is 5.92 Å². The van der Waals surface area contributed by atoms with Crippen LogP contribution in [-0.4, -0.2) is 40.3 Å². The molecule has 0 aromatic carbocycles. The smallest absolute Gasteiger partial charge is 0.326 e. The van der Waals surface area contributed by atoms with Gasteiger partial charge in [-0.2, -0.15) is 0 Å². The molecule has 1 unspecified atom stereocenters. The lowest BCUT2D eigenvalue weighted by Crippen LogP contribution is -2.42. The highest BCUT2D eigenvalue weighted by atomic mass is 16.4. The fraction of sp³-hybridized carbons (Fsp3) is 0.667. The second-order valence-electron chi connectivity index (χ2n) is 3.72. The molecule has 1 fully saturated rings. The van der Waals surface area contributed by atoms with Crippen LogP contribution in [0.1, 0.15) is 20.3 Å². The van der Waals surface area contributed by atoms with E-state index in [9.17, 15) is 14.4 Å². The number of carboxylic acids is 1. The number of Topliss-reactive ketones (excluding diaryl/α,β-unsaturated/α-hetero) is 1. The van der Waals surface area contributed by atoms with Crippen LogP contribution in [0, 0.1) is 5.92 Å². The highest BCUT2D eigenvalue weighted by Crippen LogP contribution is 2.17. The second kappa shape index (κ2) is 3.77. The zero-order valence-corrected chi connectivity index (χ0v) is 8.19. The highest BCUT2D eigenvalue weighted by Gasteiger charge is 2.39. The van der Waals surface area contributed by atoms with Crippen LogP contribution >= 0.6 is 0 Å². The van der Waals surface area contributed by atoms with Crippen LogP contribution in [0.3, 0.4) is 0 Å². The van der Waals surface area contributed by atoms with Crippen molar-refractivity contribution in [1.82, 2.24) is 4.90 Å². The van der Waals surface area contributed by atoms with Crippen LogP contribution in [0.5, 0.6) is 0 Å². The number of likely N-dealkylation sites (tertiary alicyclic amines) is 1. The van der Waals surface area contributed by atoms with E-state index in [2.05, 4.69) is 0 Å². The Bertz CT molecular complexity index is 285. The minimum Gasteiger partial charge on any atom is -0.480 e. The van der Waals surface area contributed by atoms with E-state index in [1.807, 2.05) is 0 Å². The maximum Gasteiger partial charge on any atom is 0.326 e. The Morgan fingerprint density at radius 3 is 2.50 bits per heavy atom. The molecular formula is C9H13NO4. The SMILES string of the molecule is CC(C)C(=O)N1CC(=O)CC1C(=O)O. The molecule has 1 saturated heterocycles. The normalized spacial score (nSPS) is 21.8. The van der Waals surface area contributed by atoms with E-state index in [1.165, 1.54) is 0 Å². The van der Waals surface area contributed by atoms with Crippen molar-refractivity contribution >= 4 is 17.7 Å². The summed E-state index contributed by atoms with van der Waals surface area (Å²) in [5, 5.41) is 8.79. The molecule has 14 heavy (non-hydrogen) atoms. The summed E-state index contributed by atoms with van der Waals surface area (Å²) < 4.78 is 0. The molecule has 1 rings (SSSR count). The molecule has 0 radical (unpaired) electrons. The molecule has 0 aliphatic carbocycles. The van der Waals surface area contributed by atoms with Crippen molar-refractivity contribution in [1.29, 1.82) is 0 Å². The number of carboxylic acid groups (broad SMARTS) is 1. The molecule has 1 amide bonds. The fourth-order valence-electron chi connectivity index (χ4n) is 1.47. The summed E-state index contributed by atoms with van der Waals surface area (Å²) >= 11 is 0. The van der Waals surface area contributed by atoms with E-state index >= 15 is 0 Å². The van der Waals surface area contributed by atoms with Gasteiger partial charge >= 0.3 is 5.97 Å². The Kier molecular flexibility index (Phi) is 2.88. The third-order valence-electron chi connectivity index (χ3n) is 2.21. The van der Waals surface area contributed by atoms with Crippen molar-refractivity contribution in [3.8, 4) is 0 Å². The minimum atomic E-state index is -1.11. The van der Waals surface area contributed by atoms with Crippen molar-refractivity contribution in [3.05, 3.63) is 0 Å². The molecule has 0 bridgehead atoms. The molecule has 78 valence electrons. The van der Waals surface area contributed by atoms with E-state index in [-0.39, 0.29) is 30.6 Å². The third kappa shape index (κ3) is 1.92. The monoisotopic (exact) mass is 199 g/mol. The van der Waals surface area contributed by atoms with Gasteiger partial charge in [0, 0.05) is 12.3 Å². The number of hydrogen-bond donors (Lipinski definition) is 1. The van der Waals surface area contributed by atoms with Crippen LogP contribution in [0.25, 0.3) is 0 Å². The molecule has 0 spiro atoms. The Morgan fingerprint density at radius 1 is 1.50 bits per heavy atom. The molecule has 1 aliphatic rings. The first-order valence-corrected chi connectivity index (χ1v) is 4.48. The van der Waals surface area contributed by atoms with Crippen LogP contribution in [0.2, 0.25) is 0 Å². The van der Waals surface area contributed by atoms with Crippen molar-refractivity contribution in [2.45, 2.75) is 26.3 Å². The first-order valence-electron chi connectivity index (χ1n) is 4.48. The summed E-state index contributed by atoms with van der Waals surface area (Å²) in [6.45, 7) is 3.31. The lowest BCUT2D eigenvalue weighted by atomic mass is 10.1. The zero-order chi connectivity index (χ0) is 10.9. The predicted molar refractivity (Wildman–Crippen MR) is 47.6 cm³/mol. The number of rotatable bonds is 2. The van der Waals surface area contributed by atoms with Crippen LogP contribution < -0.4 is 0 Å². The van der Waals surface area contributed by atoms with E-state index in [4.69, 9.17) is 5.11 Å². The number of aliphatic carboxylic acids is 1. The Balaban J connectivity index is 2.81. The van der Waals surface area contributed by atoms with E-state index in [0.717, 1.165) is 4.90 Å². The molecule has 0 aromatic rings. The lowest BCUT2D eigenvalue weighted by Gasteiger charge is -2.22. The maximum absolute atomic E-state index is 11.5. The maximum atomic E-state index is 11.5. The third-order valence-corrected chi connectivity index (χ3v) is 2.21. The van der Waals surface area contributed by atoms with Gasteiger partial charge in [0.25, 0.3) is 0 Å². The number of nitrogens with zero attached hydrogens (tertiary/aromatic N) is 1. The average Bonchev–Trinajstić information content (AvgIpc) is 2.45. The van der Waals surface area contributed by atoms with Gasteiger partial charge in [0.1, 0.15) is 6.04 Å². The minimum absolute atomic E-state index is 0.0615. The van der Waals surface area contributed by atoms with Crippen molar-refractivity contribution in [3.63, 3.8) is 0 Å². The van der Waals surface area contributed by atoms with Gasteiger partial charge in [0.2, 0.25) is 5.91 Å². The Labute approximate surface area is 81.7 Å². The summed E-state index contributed by atoms with van der Waals surface area (Å²) in [5.41, 5.74) is 0. The van der Waals surface area contributed by atoms with Gasteiger partial charge in [-0.3, -0.25) is 9.59 Å². The average molecular weight is 199 g/mol. The largest absolute Gasteiger partial charge is 0.480 e. The first kappa shape index (κ1) is 10.7. The van der Waals surface area contributed by atoms with E-state index in [1.54, 1.807) is 13.8 Å². The molecule has 0 aromatic heterocycles. The van der Waals surface area contributed by atoms with E-state index in [0.29, 0.717) is 0 Å². The molecule has 1 aliphatic heterocycles. The number of amides is 1. The summed E-state index contributed by atoms with van der Waals surface area (Å²) in [6, 6.07) is -0.961. The lowest BCUT2D eigenvalue weighted by molar-refractivity contribution is -0.149. The number of hydrogen-bond acceptors (Lipinski definition) is 3. The topological polar surface area (TPSA) is 74.7 Å². The zero-order valence-electron chi connectivity index (χ0n) is 8.19. The standard InChI is InChI=1S/C9H13NO4/c1-5(2)8(12)10-4-6(11)3-7(10)9(13)14/h5,7H,3-4H2,1-2H3,(H,13,14). The van der Waals surface area contributed by atoms with Gasteiger partial charge in [-0.1, -0.05) is 13.8 Å². The van der Waals surface area contributed by atoms with Gasteiger partial charge < -0.3 is 10.0 Å². The number of carbonyl (C=O) groups is 3. The van der Waals surface area contributed by atoms with Gasteiger partial charge in [-0.25, -0.2) is 4.79 Å². The van der Waals surface area contributed by atoms with Crippen LogP contribution in [0.4, 0.5) is 0 Å². The summed E-state index contributed by atoms with van der Waals surface area (Å²) in [4.78, 5) is 34.4. The summed E-state index contributed by atoms with van der Waals surface area (Å²) in [7, 11) is 0. The van der Waals surface area contributed by atoms with Crippen molar-refractivity contribution in [2.75, 3.05) is 6.54 Å². The molecule has 1 N–H and O–H groups in total. The Morgan fingerprint density at radius 2 is 2.07 bits per heavy atom. The summed E-state index contributed by atoms with van der Waals surface area (Å²) in [6.07, 6.45) is -0.0617. The van der Waals surface area contributed by atoms with Gasteiger partial charge in [0.15, 0.2) is 5.78 Å². The van der Waals surface area contributed by atoms with E-state index < -0.39 is 12.0 Å². The highest BCUT2D eigenvalue weighted by molar-refractivity contribution is 5.97. The molecule has 1 heterocycles. The summed E-state index contributed by atoms with van der Waals surface area (Å²) in [5.74, 6) is -1.85. The first-order chi connectivity index (χ1) is 6.43.